The van der Waals surface area contributed by atoms with Gasteiger partial charge < -0.3 is 10.6 Å². The molecule has 1 atom stereocenters. The van der Waals surface area contributed by atoms with Crippen LogP contribution in [-0.4, -0.2) is 26.6 Å². The average molecular weight is 329 g/mol. The molecule has 7 nitrogen and oxygen atoms in total. The molecule has 1 aromatic carbocycles. The number of aryl methyl sites for hydroxylation is 1. The van der Waals surface area contributed by atoms with Crippen LogP contribution in [0.5, 0.6) is 0 Å². The average Bonchev–Trinajstić information content (AvgIpc) is 3.02. The van der Waals surface area contributed by atoms with E-state index in [0.29, 0.717) is 5.69 Å². The molecule has 2 N–H and O–H groups in total. The molecular formula is C17H23N5O2. The van der Waals surface area contributed by atoms with Crippen LogP contribution in [0.3, 0.4) is 0 Å². The lowest BCUT2D eigenvalue weighted by Gasteiger charge is -2.19. The van der Waals surface area contributed by atoms with E-state index >= 15 is 0 Å². The number of benzene rings is 1. The summed E-state index contributed by atoms with van der Waals surface area (Å²) in [5.41, 5.74) is 1.81. The number of nitrogens with one attached hydrogen (secondary N) is 2. The Bertz CT molecular complexity index is 732. The van der Waals surface area contributed by atoms with Gasteiger partial charge >= 0.3 is 0 Å². The molecule has 128 valence electrons. The fourth-order valence-corrected chi connectivity index (χ4v) is 1.98. The van der Waals surface area contributed by atoms with Crippen molar-refractivity contribution in [1.82, 2.24) is 14.8 Å². The van der Waals surface area contributed by atoms with Crippen molar-refractivity contribution in [1.29, 1.82) is 0 Å². The van der Waals surface area contributed by atoms with Crippen LogP contribution < -0.4 is 10.6 Å². The van der Waals surface area contributed by atoms with Crippen LogP contribution in [0.2, 0.25) is 0 Å². The SMILES string of the molecule is Cc1cc(NC(=O)[C@H](C)n2cncn2)ccc1NC(=O)C(C)(C)C. The van der Waals surface area contributed by atoms with Gasteiger partial charge in [-0.25, -0.2) is 9.67 Å². The highest BCUT2D eigenvalue weighted by Gasteiger charge is 2.22. The standard InChI is InChI=1S/C17H23N5O2/c1-11-8-13(6-7-14(11)21-16(24)17(3,4)5)20-15(23)12(2)22-10-18-9-19-22/h6-10,12H,1-5H3,(H,20,23)(H,21,24)/t12-/m0/s1. The summed E-state index contributed by atoms with van der Waals surface area (Å²) in [7, 11) is 0. The van der Waals surface area contributed by atoms with Gasteiger partial charge in [-0.3, -0.25) is 9.59 Å². The topological polar surface area (TPSA) is 88.9 Å². The van der Waals surface area contributed by atoms with Crippen LogP contribution in [-0.2, 0) is 9.59 Å². The second-order valence-corrected chi connectivity index (χ2v) is 6.77. The molecule has 0 unspecified atom stereocenters. The Morgan fingerprint density at radius 2 is 1.92 bits per heavy atom. The number of aromatic nitrogens is 3. The molecule has 0 aliphatic rings. The molecule has 2 rings (SSSR count). The molecule has 2 amide bonds. The molecule has 1 aromatic heterocycles. The number of anilines is 2. The number of hydrogen-bond acceptors (Lipinski definition) is 4. The fraction of sp³-hybridized carbons (Fsp3) is 0.412. The zero-order valence-electron chi connectivity index (χ0n) is 14.6. The first kappa shape index (κ1) is 17.7. The predicted molar refractivity (Wildman–Crippen MR) is 92.6 cm³/mol. The Morgan fingerprint density at radius 1 is 1.21 bits per heavy atom. The Labute approximate surface area is 141 Å². The maximum atomic E-state index is 12.2. The highest BCUT2D eigenvalue weighted by molar-refractivity contribution is 5.96. The third-order valence-corrected chi connectivity index (χ3v) is 3.64. The monoisotopic (exact) mass is 329 g/mol. The van der Waals surface area contributed by atoms with Gasteiger partial charge in [0, 0.05) is 16.8 Å². The lowest BCUT2D eigenvalue weighted by Crippen LogP contribution is -2.28. The van der Waals surface area contributed by atoms with Crippen molar-refractivity contribution in [3.63, 3.8) is 0 Å². The van der Waals surface area contributed by atoms with Crippen molar-refractivity contribution in [2.45, 2.75) is 40.7 Å². The largest absolute Gasteiger partial charge is 0.325 e. The number of amides is 2. The van der Waals surface area contributed by atoms with Crippen molar-refractivity contribution < 1.29 is 9.59 Å². The van der Waals surface area contributed by atoms with Crippen molar-refractivity contribution >= 4 is 23.2 Å². The van der Waals surface area contributed by atoms with Crippen molar-refractivity contribution in [3.05, 3.63) is 36.4 Å². The number of nitrogens with zero attached hydrogens (tertiary/aromatic N) is 3. The first-order valence-electron chi connectivity index (χ1n) is 7.75. The molecule has 2 aromatic rings. The number of hydrogen-bond donors (Lipinski definition) is 2. The Morgan fingerprint density at radius 3 is 2.46 bits per heavy atom. The fourth-order valence-electron chi connectivity index (χ4n) is 1.98. The smallest absolute Gasteiger partial charge is 0.249 e. The van der Waals surface area contributed by atoms with E-state index in [1.54, 1.807) is 19.1 Å². The van der Waals surface area contributed by atoms with Crippen LogP contribution in [0.4, 0.5) is 11.4 Å². The summed E-state index contributed by atoms with van der Waals surface area (Å²) in [6.45, 7) is 9.21. The van der Waals surface area contributed by atoms with Crippen molar-refractivity contribution in [2.75, 3.05) is 10.6 Å². The van der Waals surface area contributed by atoms with Crippen LogP contribution in [0, 0.1) is 12.3 Å². The second-order valence-electron chi connectivity index (χ2n) is 6.77. The van der Waals surface area contributed by atoms with E-state index in [9.17, 15) is 9.59 Å². The normalized spacial score (nSPS) is 12.5. The van der Waals surface area contributed by atoms with Crippen LogP contribution in [0.1, 0.15) is 39.3 Å². The third kappa shape index (κ3) is 4.18. The van der Waals surface area contributed by atoms with Crippen LogP contribution >= 0.6 is 0 Å². The van der Waals surface area contributed by atoms with Gasteiger partial charge in [-0.1, -0.05) is 20.8 Å². The van der Waals surface area contributed by atoms with E-state index in [4.69, 9.17) is 0 Å². The molecule has 0 aliphatic heterocycles. The summed E-state index contributed by atoms with van der Waals surface area (Å²) in [6.07, 6.45) is 2.89. The van der Waals surface area contributed by atoms with Gasteiger partial charge in [0.05, 0.1) is 0 Å². The van der Waals surface area contributed by atoms with Gasteiger partial charge in [0.25, 0.3) is 0 Å². The minimum atomic E-state index is -0.466. The molecule has 1 heterocycles. The van der Waals surface area contributed by atoms with Gasteiger partial charge in [0.2, 0.25) is 11.8 Å². The number of carbonyl (C=O) groups is 2. The molecule has 0 bridgehead atoms. The van der Waals surface area contributed by atoms with Gasteiger partial charge in [-0.2, -0.15) is 5.10 Å². The van der Waals surface area contributed by atoms with Crippen LogP contribution in [0.25, 0.3) is 0 Å². The lowest BCUT2D eigenvalue weighted by atomic mass is 9.95. The maximum absolute atomic E-state index is 12.2. The summed E-state index contributed by atoms with van der Waals surface area (Å²) < 4.78 is 1.49. The quantitative estimate of drug-likeness (QED) is 0.902. The van der Waals surface area contributed by atoms with Gasteiger partial charge in [0.15, 0.2) is 0 Å². The van der Waals surface area contributed by atoms with Crippen molar-refractivity contribution in [2.24, 2.45) is 5.41 Å². The predicted octanol–water partition coefficient (Wildman–Crippen LogP) is 2.77. The van der Waals surface area contributed by atoms with E-state index in [2.05, 4.69) is 20.7 Å². The molecule has 0 saturated carbocycles. The van der Waals surface area contributed by atoms with E-state index < -0.39 is 11.5 Å². The molecule has 7 heteroatoms. The zero-order valence-corrected chi connectivity index (χ0v) is 14.6. The molecule has 0 spiro atoms. The first-order valence-corrected chi connectivity index (χ1v) is 7.75. The molecular weight excluding hydrogens is 306 g/mol. The van der Waals surface area contributed by atoms with E-state index in [1.165, 1.54) is 17.3 Å². The van der Waals surface area contributed by atoms with Crippen LogP contribution in [0.15, 0.2) is 30.9 Å². The van der Waals surface area contributed by atoms with E-state index in [0.717, 1.165) is 11.3 Å². The Kier molecular flexibility index (Phi) is 5.02. The summed E-state index contributed by atoms with van der Waals surface area (Å²) >= 11 is 0. The summed E-state index contributed by atoms with van der Waals surface area (Å²) in [6, 6.07) is 4.91. The zero-order chi connectivity index (χ0) is 17.9. The number of carbonyl (C=O) groups excluding carboxylic acids is 2. The maximum Gasteiger partial charge on any atom is 0.249 e. The minimum Gasteiger partial charge on any atom is -0.325 e. The summed E-state index contributed by atoms with van der Waals surface area (Å²) in [4.78, 5) is 28.2. The minimum absolute atomic E-state index is 0.0535. The Balaban J connectivity index is 2.07. The lowest BCUT2D eigenvalue weighted by molar-refractivity contribution is -0.123. The molecule has 0 radical (unpaired) electrons. The molecule has 0 saturated heterocycles. The highest BCUT2D eigenvalue weighted by Crippen LogP contribution is 2.23. The third-order valence-electron chi connectivity index (χ3n) is 3.64. The molecule has 24 heavy (non-hydrogen) atoms. The highest BCUT2D eigenvalue weighted by atomic mass is 16.2. The molecule has 0 fully saturated rings. The van der Waals surface area contributed by atoms with Gasteiger partial charge in [0.1, 0.15) is 18.7 Å². The van der Waals surface area contributed by atoms with E-state index in [-0.39, 0.29) is 11.8 Å². The second kappa shape index (κ2) is 6.82. The number of rotatable bonds is 4. The van der Waals surface area contributed by atoms with Crippen molar-refractivity contribution in [3.8, 4) is 0 Å². The Hall–Kier alpha value is -2.70. The molecule has 0 aliphatic carbocycles. The summed E-state index contributed by atoms with van der Waals surface area (Å²) in [5, 5.41) is 9.71. The van der Waals surface area contributed by atoms with Gasteiger partial charge in [-0.05, 0) is 37.6 Å². The summed E-state index contributed by atoms with van der Waals surface area (Å²) in [5.74, 6) is -0.242. The first-order chi connectivity index (χ1) is 11.2. The van der Waals surface area contributed by atoms with E-state index in [1.807, 2.05) is 33.8 Å². The van der Waals surface area contributed by atoms with Gasteiger partial charge in [-0.15, -0.1) is 0 Å².